The average molecular weight is 554 g/mol. The van der Waals surface area contributed by atoms with Crippen molar-refractivity contribution in [3.63, 3.8) is 0 Å². The van der Waals surface area contributed by atoms with Crippen LogP contribution in [0, 0.1) is 17.5 Å². The summed E-state index contributed by atoms with van der Waals surface area (Å²) in [5.74, 6) is -4.31. The van der Waals surface area contributed by atoms with E-state index in [-0.39, 0.29) is 23.6 Å². The van der Waals surface area contributed by atoms with Crippen molar-refractivity contribution in [2.24, 2.45) is 5.16 Å². The Labute approximate surface area is 222 Å². The number of methoxy groups -OCH3 is 1. The van der Waals surface area contributed by atoms with Crippen molar-refractivity contribution in [1.29, 1.82) is 0 Å². The van der Waals surface area contributed by atoms with Crippen molar-refractivity contribution in [3.05, 3.63) is 35.8 Å². The first-order valence-corrected chi connectivity index (χ1v) is 12.7. The molecule has 3 aliphatic rings. The Bertz CT molecular complexity index is 1230. The first-order valence-electron chi connectivity index (χ1n) is 12.7. The van der Waals surface area contributed by atoms with Crippen LogP contribution in [0.25, 0.3) is 11.3 Å². The zero-order valence-corrected chi connectivity index (χ0v) is 21.5. The third-order valence-corrected chi connectivity index (χ3v) is 7.78. The molecule has 5 rings (SSSR count). The van der Waals surface area contributed by atoms with Gasteiger partial charge in [-0.05, 0) is 12.1 Å². The van der Waals surface area contributed by atoms with Gasteiger partial charge in [-0.3, -0.25) is 4.79 Å². The minimum atomic E-state index is -1.59. The summed E-state index contributed by atoms with van der Waals surface area (Å²) in [5, 5.41) is 33.2. The molecule has 0 bridgehead atoms. The monoisotopic (exact) mass is 553 g/mol. The molecule has 3 aliphatic heterocycles. The number of piperidine rings is 1. The maximum absolute atomic E-state index is 13.8. The Morgan fingerprint density at radius 1 is 1.21 bits per heavy atom. The number of aliphatic hydroxyl groups is 2. The van der Waals surface area contributed by atoms with Crippen LogP contribution < -0.4 is 0 Å². The number of amides is 1. The lowest BCUT2D eigenvalue weighted by Gasteiger charge is -2.43. The summed E-state index contributed by atoms with van der Waals surface area (Å²) in [6.07, 6.45) is -0.226. The largest absolute Gasteiger partial charge is 0.394 e. The first kappa shape index (κ1) is 27.5. The molecule has 212 valence electrons. The first-order chi connectivity index (χ1) is 18.6. The molecule has 2 N–H and O–H groups in total. The molecule has 11 nitrogen and oxygen atoms in total. The number of likely N-dealkylation sites (tertiary alicyclic amines) is 1. The number of carbonyl (C=O) groups excluding carboxylic acids is 1. The maximum Gasteiger partial charge on any atom is 0.219 e. The number of ether oxygens (including phenoxy) is 2. The third kappa shape index (κ3) is 5.25. The molecule has 0 saturated carbocycles. The van der Waals surface area contributed by atoms with Crippen LogP contribution in [0.3, 0.4) is 0 Å². The number of nitrogens with zero attached hydrogens (tertiary/aromatic N) is 5. The lowest BCUT2D eigenvalue weighted by Crippen LogP contribution is -2.57. The van der Waals surface area contributed by atoms with E-state index in [0.29, 0.717) is 32.4 Å². The van der Waals surface area contributed by atoms with Crippen molar-refractivity contribution in [2.45, 2.75) is 68.7 Å². The predicted octanol–water partition coefficient (Wildman–Crippen LogP) is 1.59. The van der Waals surface area contributed by atoms with Gasteiger partial charge in [0.15, 0.2) is 17.5 Å². The Kier molecular flexibility index (Phi) is 7.64. The second-order valence-corrected chi connectivity index (χ2v) is 10.2. The molecule has 0 unspecified atom stereocenters. The Hall–Kier alpha value is -3.07. The Morgan fingerprint density at radius 2 is 1.90 bits per heavy atom. The van der Waals surface area contributed by atoms with Crippen LogP contribution in [0.1, 0.15) is 38.6 Å². The Morgan fingerprint density at radius 3 is 2.51 bits per heavy atom. The highest BCUT2D eigenvalue weighted by Crippen LogP contribution is 2.39. The van der Waals surface area contributed by atoms with Gasteiger partial charge >= 0.3 is 0 Å². The summed E-state index contributed by atoms with van der Waals surface area (Å²) in [4.78, 5) is 19.3. The average Bonchev–Trinajstić information content (AvgIpc) is 3.55. The van der Waals surface area contributed by atoms with E-state index in [1.54, 1.807) is 4.90 Å². The number of hydrogen-bond acceptors (Lipinski definition) is 9. The molecule has 1 spiro atoms. The predicted molar refractivity (Wildman–Crippen MR) is 129 cm³/mol. The third-order valence-electron chi connectivity index (χ3n) is 7.78. The normalized spacial score (nSPS) is 28.4. The zero-order chi connectivity index (χ0) is 27.9. The van der Waals surface area contributed by atoms with Gasteiger partial charge in [-0.15, -0.1) is 5.10 Å². The van der Waals surface area contributed by atoms with Crippen molar-refractivity contribution in [2.75, 3.05) is 26.8 Å². The molecule has 1 amide bonds. The number of aliphatic hydroxyl groups excluding tert-OH is 2. The smallest absolute Gasteiger partial charge is 0.219 e. The van der Waals surface area contributed by atoms with E-state index in [1.807, 2.05) is 0 Å². The standard InChI is InChI=1S/C25H30F3N5O6/c1-13(35)32-5-3-25(4-6-32)10-15(30-39-25)9-19-24(37-2)22(23(36)20(12-34)38-19)33-11-18(29-31-33)14-7-16(26)21(28)17(27)8-14/h7-8,11,19-20,22-24,34,36H,3-6,9-10,12H2,1-2H3/t19-,20-,22+,23+,24+/m1/s1. The number of halogens is 3. The summed E-state index contributed by atoms with van der Waals surface area (Å²) < 4.78 is 54.0. The number of benzene rings is 1. The highest BCUT2D eigenvalue weighted by atomic mass is 19.2. The fraction of sp³-hybridized carbons (Fsp3) is 0.600. The number of oxime groups is 1. The van der Waals surface area contributed by atoms with E-state index in [0.717, 1.165) is 17.8 Å². The molecule has 4 heterocycles. The maximum atomic E-state index is 13.8. The second-order valence-electron chi connectivity index (χ2n) is 10.2. The summed E-state index contributed by atoms with van der Waals surface area (Å²) >= 11 is 0. The van der Waals surface area contributed by atoms with Gasteiger partial charge in [-0.2, -0.15) is 0 Å². The molecule has 39 heavy (non-hydrogen) atoms. The molecule has 5 atom stereocenters. The minimum Gasteiger partial charge on any atom is -0.394 e. The number of hydrogen-bond donors (Lipinski definition) is 2. The van der Waals surface area contributed by atoms with E-state index < -0.39 is 60.1 Å². The van der Waals surface area contributed by atoms with Crippen LogP contribution in [-0.4, -0.2) is 98.5 Å². The van der Waals surface area contributed by atoms with Crippen LogP contribution in [-0.2, 0) is 19.1 Å². The van der Waals surface area contributed by atoms with E-state index in [1.165, 1.54) is 24.9 Å². The van der Waals surface area contributed by atoms with Gasteiger partial charge in [0, 0.05) is 58.4 Å². The molecule has 2 aromatic rings. The lowest BCUT2D eigenvalue weighted by molar-refractivity contribution is -0.210. The van der Waals surface area contributed by atoms with Gasteiger partial charge in [0.05, 0.1) is 24.6 Å². The second kappa shape index (κ2) is 10.8. The number of carbonyl (C=O) groups is 1. The molecule has 1 aromatic carbocycles. The Balaban J connectivity index is 1.34. The molecular formula is C25H30F3N5O6. The number of rotatable bonds is 6. The topological polar surface area (TPSA) is 132 Å². The molecule has 14 heteroatoms. The van der Waals surface area contributed by atoms with E-state index in [9.17, 15) is 28.2 Å². The van der Waals surface area contributed by atoms with Gasteiger partial charge in [0.25, 0.3) is 0 Å². The summed E-state index contributed by atoms with van der Waals surface area (Å²) in [6.45, 7) is 2.21. The summed E-state index contributed by atoms with van der Waals surface area (Å²) in [6, 6.07) is 0.711. The van der Waals surface area contributed by atoms with Crippen LogP contribution >= 0.6 is 0 Å². The van der Waals surface area contributed by atoms with Crippen molar-refractivity contribution >= 4 is 11.6 Å². The van der Waals surface area contributed by atoms with Crippen molar-refractivity contribution in [1.82, 2.24) is 19.9 Å². The van der Waals surface area contributed by atoms with E-state index >= 15 is 0 Å². The van der Waals surface area contributed by atoms with Gasteiger partial charge in [0.2, 0.25) is 5.91 Å². The molecule has 1 aromatic heterocycles. The lowest BCUT2D eigenvalue weighted by atomic mass is 9.84. The van der Waals surface area contributed by atoms with Gasteiger partial charge in [-0.1, -0.05) is 10.4 Å². The van der Waals surface area contributed by atoms with Crippen LogP contribution in [0.15, 0.2) is 23.5 Å². The van der Waals surface area contributed by atoms with Crippen LogP contribution in [0.5, 0.6) is 0 Å². The minimum absolute atomic E-state index is 0.0214. The molecule has 2 saturated heterocycles. The fourth-order valence-electron chi connectivity index (χ4n) is 5.62. The van der Waals surface area contributed by atoms with Gasteiger partial charge in [0.1, 0.15) is 35.6 Å². The number of aromatic nitrogens is 3. The zero-order valence-electron chi connectivity index (χ0n) is 21.5. The van der Waals surface area contributed by atoms with Gasteiger partial charge in [-0.25, -0.2) is 17.9 Å². The molecule has 2 fully saturated rings. The summed E-state index contributed by atoms with van der Waals surface area (Å²) in [7, 11) is 1.44. The molecular weight excluding hydrogens is 523 g/mol. The SMILES string of the molecule is CO[C@@H]1[C@@H](n2cc(-c3cc(F)c(F)c(F)c3)nn2)[C@@H](O)[C@@H](CO)O[C@@H]1CC1=NOC2(CCN(C(C)=O)CC2)C1. The van der Waals surface area contributed by atoms with Crippen LogP contribution in [0.2, 0.25) is 0 Å². The van der Waals surface area contributed by atoms with E-state index in [2.05, 4.69) is 15.5 Å². The van der Waals surface area contributed by atoms with E-state index in [4.69, 9.17) is 14.3 Å². The van der Waals surface area contributed by atoms with Gasteiger partial charge < -0.3 is 29.4 Å². The highest BCUT2D eigenvalue weighted by Gasteiger charge is 2.49. The highest BCUT2D eigenvalue weighted by molar-refractivity contribution is 5.86. The summed E-state index contributed by atoms with van der Waals surface area (Å²) in [5.41, 5.74) is 0.239. The molecule has 0 aliphatic carbocycles. The fourth-order valence-corrected chi connectivity index (χ4v) is 5.62. The quantitative estimate of drug-likeness (QED) is 0.516. The van der Waals surface area contributed by atoms with Crippen LogP contribution in [0.4, 0.5) is 13.2 Å². The van der Waals surface area contributed by atoms with Crippen molar-refractivity contribution in [3.8, 4) is 11.3 Å². The van der Waals surface area contributed by atoms with Crippen molar-refractivity contribution < 1.29 is 42.5 Å². The molecule has 0 radical (unpaired) electrons.